The van der Waals surface area contributed by atoms with Crippen LogP contribution < -0.4 is 10.0 Å². The number of rotatable bonds is 3. The van der Waals surface area contributed by atoms with Crippen LogP contribution in [0.1, 0.15) is 11.1 Å². The Morgan fingerprint density at radius 1 is 1.12 bits per heavy atom. The summed E-state index contributed by atoms with van der Waals surface area (Å²) in [7, 11) is -3.55. The number of sulfonamides is 1. The van der Waals surface area contributed by atoms with Crippen LogP contribution in [0.3, 0.4) is 0 Å². The van der Waals surface area contributed by atoms with Gasteiger partial charge in [-0.25, -0.2) is 8.42 Å². The van der Waals surface area contributed by atoms with Gasteiger partial charge in [-0.15, -0.1) is 10.2 Å². The lowest BCUT2D eigenvalue weighted by atomic mass is 10.1. The van der Waals surface area contributed by atoms with Gasteiger partial charge in [-0.2, -0.15) is 0 Å². The molecule has 0 unspecified atom stereocenters. The number of aryl methyl sites for hydroxylation is 1. The van der Waals surface area contributed by atoms with Crippen molar-refractivity contribution in [3.63, 3.8) is 0 Å². The first-order valence-electron chi connectivity index (χ1n) is 7.77. The van der Waals surface area contributed by atoms with E-state index in [1.54, 1.807) is 12.1 Å². The van der Waals surface area contributed by atoms with E-state index >= 15 is 0 Å². The summed E-state index contributed by atoms with van der Waals surface area (Å²) in [4.78, 5) is 0.312. The van der Waals surface area contributed by atoms with Gasteiger partial charge in [0.2, 0.25) is 5.13 Å². The van der Waals surface area contributed by atoms with E-state index < -0.39 is 10.0 Å². The highest BCUT2D eigenvalue weighted by Crippen LogP contribution is 2.36. The van der Waals surface area contributed by atoms with Crippen molar-refractivity contribution in [2.45, 2.75) is 18.2 Å². The summed E-state index contributed by atoms with van der Waals surface area (Å²) in [6, 6.07) is 12.6. The van der Waals surface area contributed by atoms with Crippen molar-refractivity contribution in [3.8, 4) is 10.6 Å². The molecule has 0 amide bonds. The van der Waals surface area contributed by atoms with Crippen LogP contribution in [0.25, 0.3) is 10.6 Å². The Balaban J connectivity index is 1.71. The Labute approximate surface area is 150 Å². The van der Waals surface area contributed by atoms with E-state index in [4.69, 9.17) is 5.73 Å². The topological polar surface area (TPSA) is 89.2 Å². The average Bonchev–Trinajstić information content (AvgIpc) is 3.21. The Bertz CT molecular complexity index is 1040. The molecule has 1 aromatic heterocycles. The summed E-state index contributed by atoms with van der Waals surface area (Å²) >= 11 is 1.31. The molecule has 0 spiro atoms. The molecule has 0 atom stereocenters. The van der Waals surface area contributed by atoms with E-state index in [9.17, 15) is 8.42 Å². The van der Waals surface area contributed by atoms with Crippen LogP contribution in [-0.2, 0) is 16.4 Å². The van der Waals surface area contributed by atoms with Gasteiger partial charge in [0.1, 0.15) is 5.01 Å². The number of nitrogens with zero attached hydrogens (tertiary/aromatic N) is 3. The van der Waals surface area contributed by atoms with E-state index in [1.807, 2.05) is 37.3 Å². The van der Waals surface area contributed by atoms with Gasteiger partial charge in [0.05, 0.1) is 10.6 Å². The molecule has 1 aliphatic rings. The van der Waals surface area contributed by atoms with Crippen molar-refractivity contribution in [3.05, 3.63) is 53.6 Å². The first-order valence-corrected chi connectivity index (χ1v) is 10.0. The fourth-order valence-electron chi connectivity index (χ4n) is 2.94. The highest BCUT2D eigenvalue weighted by Gasteiger charge is 2.31. The molecule has 3 aromatic rings. The van der Waals surface area contributed by atoms with Gasteiger partial charge in [0.25, 0.3) is 10.0 Å². The van der Waals surface area contributed by atoms with E-state index in [2.05, 4.69) is 10.2 Å². The molecule has 2 N–H and O–H groups in total. The van der Waals surface area contributed by atoms with Crippen molar-refractivity contribution < 1.29 is 8.42 Å². The number of benzene rings is 2. The SMILES string of the molecule is Cc1ccc(S(=O)(=O)N2CCc3cc(-c4nnc(N)s4)ccc32)cc1. The molecule has 0 saturated heterocycles. The van der Waals surface area contributed by atoms with Crippen molar-refractivity contribution in [2.24, 2.45) is 0 Å². The summed E-state index contributed by atoms with van der Waals surface area (Å²) < 4.78 is 27.4. The Morgan fingerprint density at radius 2 is 1.88 bits per heavy atom. The maximum atomic E-state index is 13.0. The molecule has 4 rings (SSSR count). The largest absolute Gasteiger partial charge is 0.374 e. The molecule has 2 aromatic carbocycles. The quantitative estimate of drug-likeness (QED) is 0.764. The minimum absolute atomic E-state index is 0.312. The number of nitrogen functional groups attached to an aromatic ring is 1. The zero-order valence-electron chi connectivity index (χ0n) is 13.5. The van der Waals surface area contributed by atoms with Crippen molar-refractivity contribution in [1.29, 1.82) is 0 Å². The molecule has 6 nitrogen and oxygen atoms in total. The van der Waals surface area contributed by atoms with Crippen LogP contribution in [0.2, 0.25) is 0 Å². The van der Waals surface area contributed by atoms with Gasteiger partial charge in [-0.1, -0.05) is 29.0 Å². The lowest BCUT2D eigenvalue weighted by Gasteiger charge is -2.19. The number of nitrogens with two attached hydrogens (primary N) is 1. The first kappa shape index (κ1) is 16.0. The predicted molar refractivity (Wildman–Crippen MR) is 99.2 cm³/mol. The van der Waals surface area contributed by atoms with E-state index in [0.717, 1.165) is 27.4 Å². The minimum Gasteiger partial charge on any atom is -0.374 e. The molecule has 8 heteroatoms. The standard InChI is InChI=1S/C17H16N4O2S2/c1-11-2-5-14(6-3-11)25(22,23)21-9-8-12-10-13(4-7-15(12)21)16-19-20-17(18)24-16/h2-7,10H,8-9H2,1H3,(H2,18,20). The molecule has 25 heavy (non-hydrogen) atoms. The molecule has 0 saturated carbocycles. The summed E-state index contributed by atoms with van der Waals surface area (Å²) in [6.07, 6.45) is 0.669. The molecular formula is C17H16N4O2S2. The van der Waals surface area contributed by atoms with Gasteiger partial charge >= 0.3 is 0 Å². The molecular weight excluding hydrogens is 356 g/mol. The zero-order chi connectivity index (χ0) is 17.6. The zero-order valence-corrected chi connectivity index (χ0v) is 15.1. The highest BCUT2D eigenvalue weighted by molar-refractivity contribution is 7.92. The van der Waals surface area contributed by atoms with Crippen molar-refractivity contribution in [2.75, 3.05) is 16.6 Å². The normalized spacial score (nSPS) is 13.9. The van der Waals surface area contributed by atoms with Gasteiger partial charge in [0.15, 0.2) is 0 Å². The smallest absolute Gasteiger partial charge is 0.264 e. The third-order valence-electron chi connectivity index (χ3n) is 4.23. The number of hydrogen-bond acceptors (Lipinski definition) is 6. The van der Waals surface area contributed by atoms with Gasteiger partial charge in [0, 0.05) is 12.1 Å². The monoisotopic (exact) mass is 372 g/mol. The van der Waals surface area contributed by atoms with Crippen LogP contribution in [0.5, 0.6) is 0 Å². The highest BCUT2D eigenvalue weighted by atomic mass is 32.2. The van der Waals surface area contributed by atoms with Crippen LogP contribution >= 0.6 is 11.3 Å². The second-order valence-electron chi connectivity index (χ2n) is 5.93. The lowest BCUT2D eigenvalue weighted by molar-refractivity contribution is 0.592. The van der Waals surface area contributed by atoms with Crippen molar-refractivity contribution in [1.82, 2.24) is 10.2 Å². The maximum absolute atomic E-state index is 13.0. The van der Waals surface area contributed by atoms with E-state index in [0.29, 0.717) is 23.0 Å². The maximum Gasteiger partial charge on any atom is 0.264 e. The fourth-order valence-corrected chi connectivity index (χ4v) is 5.05. The first-order chi connectivity index (χ1) is 11.9. The number of hydrogen-bond donors (Lipinski definition) is 1. The molecule has 0 aliphatic carbocycles. The second kappa shape index (κ2) is 5.82. The summed E-state index contributed by atoms with van der Waals surface area (Å²) in [5.41, 5.74) is 9.29. The van der Waals surface area contributed by atoms with Crippen LogP contribution in [-0.4, -0.2) is 25.2 Å². The number of anilines is 2. The molecule has 1 aliphatic heterocycles. The number of fused-ring (bicyclic) bond motifs is 1. The lowest BCUT2D eigenvalue weighted by Crippen LogP contribution is -2.29. The summed E-state index contributed by atoms with van der Waals surface area (Å²) in [6.45, 7) is 2.37. The third-order valence-corrected chi connectivity index (χ3v) is 6.86. The summed E-state index contributed by atoms with van der Waals surface area (Å²) in [5.74, 6) is 0. The molecule has 2 heterocycles. The average molecular weight is 372 g/mol. The Hall–Kier alpha value is -2.45. The minimum atomic E-state index is -3.55. The molecule has 0 fully saturated rings. The van der Waals surface area contributed by atoms with Gasteiger partial charge in [-0.05, 0) is 49.2 Å². The van der Waals surface area contributed by atoms with Gasteiger partial charge < -0.3 is 5.73 Å². The van der Waals surface area contributed by atoms with Crippen LogP contribution in [0, 0.1) is 6.92 Å². The summed E-state index contributed by atoms with van der Waals surface area (Å²) in [5, 5.41) is 9.03. The Morgan fingerprint density at radius 3 is 2.56 bits per heavy atom. The molecule has 0 bridgehead atoms. The third kappa shape index (κ3) is 2.77. The second-order valence-corrected chi connectivity index (χ2v) is 8.80. The molecule has 0 radical (unpaired) electrons. The Kier molecular flexibility index (Phi) is 3.73. The van der Waals surface area contributed by atoms with E-state index in [1.165, 1.54) is 15.6 Å². The van der Waals surface area contributed by atoms with Gasteiger partial charge in [-0.3, -0.25) is 4.31 Å². The van der Waals surface area contributed by atoms with E-state index in [-0.39, 0.29) is 0 Å². The molecule has 128 valence electrons. The number of aromatic nitrogens is 2. The van der Waals surface area contributed by atoms with Crippen LogP contribution in [0.4, 0.5) is 10.8 Å². The van der Waals surface area contributed by atoms with Crippen molar-refractivity contribution >= 4 is 32.2 Å². The fraction of sp³-hybridized carbons (Fsp3) is 0.176. The predicted octanol–water partition coefficient (Wildman–Crippen LogP) is 2.85. The van der Waals surface area contributed by atoms with Crippen LogP contribution in [0.15, 0.2) is 47.4 Å².